The quantitative estimate of drug-likeness (QED) is 0.0260. The van der Waals surface area contributed by atoms with E-state index in [4.69, 9.17) is 14.2 Å². The van der Waals surface area contributed by atoms with E-state index in [1.807, 2.05) is 0 Å². The summed E-state index contributed by atoms with van der Waals surface area (Å²) in [5.74, 6) is -1.82. The Bertz CT molecular complexity index is 1470. The molecule has 0 saturated carbocycles. The summed E-state index contributed by atoms with van der Waals surface area (Å²) in [7, 11) is 5.38. The molecule has 0 amide bonds. The normalized spacial score (nSPS) is 13.9. The number of hydrogen-bond acceptors (Lipinski definition) is 7. The zero-order valence-electron chi connectivity index (χ0n) is 41.6. The van der Waals surface area contributed by atoms with Gasteiger partial charge in [-0.1, -0.05) is 167 Å². The van der Waals surface area contributed by atoms with E-state index >= 15 is 0 Å². The van der Waals surface area contributed by atoms with Crippen molar-refractivity contribution in [1.29, 1.82) is 0 Å². The molecular weight excluding hydrogens is 811 g/mol. The highest BCUT2D eigenvalue weighted by Gasteiger charge is 2.25. The molecule has 0 aliphatic heterocycles. The maximum Gasteiger partial charge on any atom is 0.306 e. The molecule has 0 N–H and O–H groups in total. The molecule has 0 aromatic heterocycles. The van der Waals surface area contributed by atoms with Gasteiger partial charge >= 0.3 is 11.9 Å². The Kier molecular flexibility index (Phi) is 43.2. The molecule has 0 heterocycles. The maximum atomic E-state index is 12.8. The summed E-state index contributed by atoms with van der Waals surface area (Å²) >= 11 is 0. The summed E-state index contributed by atoms with van der Waals surface area (Å²) in [6.07, 6.45) is 65.1. The number of ether oxygens (including phenoxy) is 3. The molecule has 0 radical (unpaired) electrons. The van der Waals surface area contributed by atoms with Crippen LogP contribution in [-0.4, -0.2) is 75.5 Å². The van der Waals surface area contributed by atoms with Crippen LogP contribution in [0.2, 0.25) is 0 Å². The van der Waals surface area contributed by atoms with Crippen LogP contribution in [0.1, 0.15) is 168 Å². The number of esters is 2. The lowest BCUT2D eigenvalue weighted by Gasteiger charge is -2.34. The van der Waals surface area contributed by atoms with Crippen LogP contribution in [0.3, 0.4) is 0 Å². The van der Waals surface area contributed by atoms with Crippen molar-refractivity contribution in [3.8, 4) is 0 Å². The molecule has 8 heteroatoms. The Balaban J connectivity index is 4.40. The van der Waals surface area contributed by atoms with Crippen LogP contribution in [0, 0.1) is 0 Å². The fourth-order valence-electron chi connectivity index (χ4n) is 6.53. The van der Waals surface area contributed by atoms with Crippen molar-refractivity contribution < 1.29 is 38.2 Å². The van der Waals surface area contributed by atoms with Crippen LogP contribution in [-0.2, 0) is 28.6 Å². The number of carboxylic acids is 1. The van der Waals surface area contributed by atoms with Gasteiger partial charge in [-0.05, 0) is 103 Å². The molecule has 366 valence electrons. The van der Waals surface area contributed by atoms with E-state index in [1.165, 1.54) is 19.3 Å². The van der Waals surface area contributed by atoms with Crippen LogP contribution >= 0.6 is 0 Å². The second kappa shape index (κ2) is 46.3. The third-order valence-corrected chi connectivity index (χ3v) is 10.3. The first kappa shape index (κ1) is 60.7. The van der Waals surface area contributed by atoms with Gasteiger partial charge in [0.05, 0.1) is 40.3 Å². The fourth-order valence-corrected chi connectivity index (χ4v) is 6.53. The highest BCUT2D eigenvalue weighted by Crippen LogP contribution is 2.13. The maximum absolute atomic E-state index is 12.8. The molecule has 0 aliphatic rings. The minimum Gasteiger partial charge on any atom is -0.544 e. The molecule has 0 aromatic carbocycles. The average Bonchev–Trinajstić information content (AvgIpc) is 3.27. The molecule has 0 spiro atoms. The lowest BCUT2D eigenvalue weighted by atomic mass is 10.1. The number of unbranched alkanes of at least 4 members (excludes halogenated alkanes) is 9. The average molecular weight is 902 g/mol. The van der Waals surface area contributed by atoms with Gasteiger partial charge in [0.2, 0.25) is 0 Å². The summed E-state index contributed by atoms with van der Waals surface area (Å²) in [5, 5.41) is 11.7. The van der Waals surface area contributed by atoms with Crippen molar-refractivity contribution >= 4 is 17.9 Å². The van der Waals surface area contributed by atoms with Crippen LogP contribution in [0.25, 0.3) is 0 Å². The molecule has 0 fully saturated rings. The molecule has 65 heavy (non-hydrogen) atoms. The standard InChI is InChI=1S/C57H91NO7/c1-6-8-10-12-14-16-18-20-22-24-26-28-30-31-33-35-37-39-41-43-45-47-55(59)64-52-53(51-63-50-49-54(57(61)62)58(3,4)5)65-56(60)48-46-44-42-40-38-36-34-32-29-27-25-23-21-19-17-15-13-11-9-7-2/h8-11,14-17,20-23,26-29,31,33,37,39,53-54H,6-7,12-13,18-19,24-25,30,32,34-36,38,40-52H2,1-5H3/b10-8+,11-9+,16-14+,17-15+,22-20+,23-21+,28-26+,29-27+,33-31+,39-37+. The van der Waals surface area contributed by atoms with Crippen LogP contribution in [0.4, 0.5) is 0 Å². The van der Waals surface area contributed by atoms with Gasteiger partial charge in [-0.25, -0.2) is 0 Å². The lowest BCUT2D eigenvalue weighted by Crippen LogP contribution is -2.55. The number of carbonyl (C=O) groups is 3. The summed E-state index contributed by atoms with van der Waals surface area (Å²) < 4.78 is 17.2. The number of nitrogens with zero attached hydrogens (tertiary/aromatic N) is 1. The topological polar surface area (TPSA) is 102 Å². The van der Waals surface area contributed by atoms with Crippen molar-refractivity contribution in [2.24, 2.45) is 0 Å². The van der Waals surface area contributed by atoms with Crippen LogP contribution < -0.4 is 5.11 Å². The molecule has 0 bridgehead atoms. The van der Waals surface area contributed by atoms with Crippen molar-refractivity contribution in [3.63, 3.8) is 0 Å². The summed E-state index contributed by atoms with van der Waals surface area (Å²) in [6.45, 7) is 4.36. The van der Waals surface area contributed by atoms with Crippen molar-refractivity contribution in [2.45, 2.75) is 180 Å². The van der Waals surface area contributed by atoms with Crippen molar-refractivity contribution in [2.75, 3.05) is 41.0 Å². The molecule has 0 aliphatic carbocycles. The predicted molar refractivity (Wildman–Crippen MR) is 272 cm³/mol. The molecular formula is C57H91NO7. The summed E-state index contributed by atoms with van der Waals surface area (Å²) in [6, 6.07) is -0.743. The zero-order valence-corrected chi connectivity index (χ0v) is 41.6. The SMILES string of the molecule is CC/C=C/C/C=C/C/C=C/C/C=C/C/C=C/C/C=C/CCCCC(=O)OCC(COCCC(C(=O)[O-])[N+](C)(C)C)OC(=O)CCCCCCCCC/C=C/C/C=C/C/C=C/C/C=C/CC. The summed E-state index contributed by atoms with van der Waals surface area (Å²) in [5.41, 5.74) is 0. The number of quaternary nitrogens is 1. The highest BCUT2D eigenvalue weighted by atomic mass is 16.6. The molecule has 2 unspecified atom stereocenters. The number of carboxylic acid groups (broad SMARTS) is 1. The second-order valence-corrected chi connectivity index (χ2v) is 17.3. The van der Waals surface area contributed by atoms with Gasteiger partial charge in [-0.3, -0.25) is 9.59 Å². The van der Waals surface area contributed by atoms with E-state index in [9.17, 15) is 19.5 Å². The third-order valence-electron chi connectivity index (χ3n) is 10.3. The number of likely N-dealkylation sites (N-methyl/N-ethyl adjacent to an activating group) is 1. The number of aliphatic carboxylic acids is 1. The molecule has 2 atom stereocenters. The molecule has 0 aromatic rings. The first-order valence-corrected chi connectivity index (χ1v) is 25.1. The Morgan fingerprint density at radius 2 is 0.815 bits per heavy atom. The lowest BCUT2D eigenvalue weighted by molar-refractivity contribution is -0.889. The Hall–Kier alpha value is -4.27. The monoisotopic (exact) mass is 902 g/mol. The van der Waals surface area contributed by atoms with E-state index < -0.39 is 18.1 Å². The third kappa shape index (κ3) is 44.7. The largest absolute Gasteiger partial charge is 0.544 e. The first-order valence-electron chi connectivity index (χ1n) is 25.1. The Morgan fingerprint density at radius 1 is 0.462 bits per heavy atom. The molecule has 0 saturated heterocycles. The van der Waals surface area contributed by atoms with E-state index in [-0.39, 0.29) is 49.1 Å². The van der Waals surface area contributed by atoms with Gasteiger partial charge < -0.3 is 28.6 Å². The minimum atomic E-state index is -1.14. The fraction of sp³-hybridized carbons (Fsp3) is 0.596. The highest BCUT2D eigenvalue weighted by molar-refractivity contribution is 5.70. The smallest absolute Gasteiger partial charge is 0.306 e. The first-order chi connectivity index (χ1) is 31.6. The van der Waals surface area contributed by atoms with Gasteiger partial charge in [0.25, 0.3) is 0 Å². The van der Waals surface area contributed by atoms with E-state index in [1.54, 1.807) is 21.1 Å². The van der Waals surface area contributed by atoms with Gasteiger partial charge in [-0.15, -0.1) is 0 Å². The van der Waals surface area contributed by atoms with E-state index in [0.717, 1.165) is 109 Å². The molecule has 0 rings (SSSR count). The van der Waals surface area contributed by atoms with Crippen LogP contribution in [0.5, 0.6) is 0 Å². The Morgan fingerprint density at radius 3 is 1.23 bits per heavy atom. The van der Waals surface area contributed by atoms with Crippen molar-refractivity contribution in [3.05, 3.63) is 122 Å². The number of allylic oxidation sites excluding steroid dienone is 20. The van der Waals surface area contributed by atoms with E-state index in [0.29, 0.717) is 12.8 Å². The van der Waals surface area contributed by atoms with Gasteiger partial charge in [0, 0.05) is 19.3 Å². The number of hydrogen-bond donors (Lipinski definition) is 0. The minimum absolute atomic E-state index is 0.0134. The zero-order chi connectivity index (χ0) is 47.7. The summed E-state index contributed by atoms with van der Waals surface area (Å²) in [4.78, 5) is 37.0. The number of rotatable bonds is 43. The Labute approximate surface area is 397 Å². The van der Waals surface area contributed by atoms with E-state index in [2.05, 4.69) is 135 Å². The number of carbonyl (C=O) groups excluding carboxylic acids is 3. The molecule has 8 nitrogen and oxygen atoms in total. The predicted octanol–water partition coefficient (Wildman–Crippen LogP) is 13.2. The van der Waals surface area contributed by atoms with Gasteiger partial charge in [0.15, 0.2) is 6.10 Å². The van der Waals surface area contributed by atoms with Crippen molar-refractivity contribution in [1.82, 2.24) is 0 Å². The second-order valence-electron chi connectivity index (χ2n) is 17.3. The van der Waals surface area contributed by atoms with Crippen LogP contribution in [0.15, 0.2) is 122 Å². The van der Waals surface area contributed by atoms with Gasteiger partial charge in [0.1, 0.15) is 12.6 Å². The van der Waals surface area contributed by atoms with Gasteiger partial charge in [-0.2, -0.15) is 0 Å².